The van der Waals surface area contributed by atoms with E-state index in [9.17, 15) is 4.79 Å². The van der Waals surface area contributed by atoms with Gasteiger partial charge >= 0.3 is 0 Å². The first-order valence-corrected chi connectivity index (χ1v) is 4.78. The molecule has 0 fully saturated rings. The van der Waals surface area contributed by atoms with Crippen LogP contribution in [0.2, 0.25) is 0 Å². The van der Waals surface area contributed by atoms with Crippen LogP contribution in [0.25, 0.3) is 0 Å². The highest BCUT2D eigenvalue weighted by Crippen LogP contribution is 2.26. The molecule has 0 heterocycles. The van der Waals surface area contributed by atoms with Gasteiger partial charge in [-0.1, -0.05) is 42.5 Å². The highest BCUT2D eigenvalue weighted by molar-refractivity contribution is 5.83. The molecule has 0 aromatic rings. The maximum absolute atomic E-state index is 11.3. The maximum Gasteiger partial charge on any atom is 0.230 e. The van der Waals surface area contributed by atoms with Gasteiger partial charge in [0.2, 0.25) is 5.91 Å². The summed E-state index contributed by atoms with van der Waals surface area (Å²) in [4.78, 5) is 11.3. The lowest BCUT2D eigenvalue weighted by Crippen LogP contribution is -2.23. The van der Waals surface area contributed by atoms with Crippen molar-refractivity contribution in [2.24, 2.45) is 11.8 Å². The second kappa shape index (κ2) is 3.66. The number of amides is 1. The van der Waals surface area contributed by atoms with E-state index in [2.05, 4.69) is 17.5 Å². The second-order valence-corrected chi connectivity index (χ2v) is 3.46. The van der Waals surface area contributed by atoms with Crippen molar-refractivity contribution in [3.63, 3.8) is 0 Å². The molecule has 2 nitrogen and oxygen atoms in total. The van der Waals surface area contributed by atoms with Crippen molar-refractivity contribution in [2.75, 3.05) is 7.05 Å². The molecule has 1 amide bonds. The van der Waals surface area contributed by atoms with E-state index in [0.717, 1.165) is 0 Å². The summed E-state index contributed by atoms with van der Waals surface area (Å²) in [5.74, 6) is 0.334. The van der Waals surface area contributed by atoms with Gasteiger partial charge in [-0.3, -0.25) is 4.79 Å². The molecule has 72 valence electrons. The average molecular weight is 187 g/mol. The maximum atomic E-state index is 11.3. The Hall–Kier alpha value is -1.57. The molecule has 2 aliphatic carbocycles. The summed E-state index contributed by atoms with van der Waals surface area (Å²) in [7, 11) is 1.66. The molecule has 0 saturated carbocycles. The first kappa shape index (κ1) is 9.00. The van der Waals surface area contributed by atoms with Crippen molar-refractivity contribution in [1.29, 1.82) is 0 Å². The van der Waals surface area contributed by atoms with Crippen LogP contribution < -0.4 is 5.32 Å². The van der Waals surface area contributed by atoms with Crippen LogP contribution in [0, 0.1) is 11.8 Å². The van der Waals surface area contributed by atoms with Gasteiger partial charge in [0.15, 0.2) is 0 Å². The van der Waals surface area contributed by atoms with Gasteiger partial charge in [-0.05, 0) is 5.57 Å². The molecule has 0 aromatic heterocycles. The summed E-state index contributed by atoms with van der Waals surface area (Å²) in [5.41, 5.74) is 1.21. The van der Waals surface area contributed by atoms with Gasteiger partial charge < -0.3 is 5.32 Å². The van der Waals surface area contributed by atoms with E-state index < -0.39 is 0 Å². The third-order valence-electron chi connectivity index (χ3n) is 2.55. The number of hydrogen-bond acceptors (Lipinski definition) is 1. The molecule has 0 aromatic carbocycles. The summed E-state index contributed by atoms with van der Waals surface area (Å²) in [6, 6.07) is 0. The molecule has 1 N–H and O–H groups in total. The Balaban J connectivity index is 2.10. The largest absolute Gasteiger partial charge is 0.358 e. The molecule has 1 atom stereocenters. The van der Waals surface area contributed by atoms with Crippen LogP contribution >= 0.6 is 0 Å². The molecule has 0 bridgehead atoms. The van der Waals surface area contributed by atoms with Crippen LogP contribution in [-0.4, -0.2) is 13.0 Å². The van der Waals surface area contributed by atoms with Gasteiger partial charge in [0.05, 0.1) is 5.92 Å². The van der Waals surface area contributed by atoms with Gasteiger partial charge in [0, 0.05) is 13.0 Å². The third-order valence-corrected chi connectivity index (χ3v) is 2.55. The lowest BCUT2D eigenvalue weighted by Gasteiger charge is -2.04. The van der Waals surface area contributed by atoms with Gasteiger partial charge in [-0.25, -0.2) is 0 Å². The minimum Gasteiger partial charge on any atom is -0.358 e. The van der Waals surface area contributed by atoms with Crippen molar-refractivity contribution in [3.05, 3.63) is 48.1 Å². The van der Waals surface area contributed by atoms with Crippen LogP contribution in [0.5, 0.6) is 0 Å². The predicted octanol–water partition coefficient (Wildman–Crippen LogP) is 1.59. The van der Waals surface area contributed by atoms with E-state index >= 15 is 0 Å². The molecule has 0 radical (unpaired) electrons. The monoisotopic (exact) mass is 187 g/mol. The molecule has 2 heteroatoms. The quantitative estimate of drug-likeness (QED) is 0.698. The fourth-order valence-corrected chi connectivity index (χ4v) is 1.74. The molecule has 0 spiro atoms. The van der Waals surface area contributed by atoms with Crippen LogP contribution in [-0.2, 0) is 4.79 Å². The van der Waals surface area contributed by atoms with Gasteiger partial charge in [-0.15, -0.1) is 0 Å². The molecule has 0 aliphatic heterocycles. The van der Waals surface area contributed by atoms with Crippen molar-refractivity contribution >= 4 is 5.91 Å². The number of carbonyl (C=O) groups is 1. The Kier molecular flexibility index (Phi) is 2.35. The zero-order chi connectivity index (χ0) is 9.97. The number of hydrogen-bond donors (Lipinski definition) is 1. The molecule has 0 saturated heterocycles. The second-order valence-electron chi connectivity index (χ2n) is 3.46. The smallest absolute Gasteiger partial charge is 0.230 e. The van der Waals surface area contributed by atoms with E-state index in [4.69, 9.17) is 0 Å². The highest BCUT2D eigenvalue weighted by Gasteiger charge is 2.19. The van der Waals surface area contributed by atoms with Crippen molar-refractivity contribution in [3.8, 4) is 0 Å². The number of allylic oxidation sites excluding steroid dienone is 6. The van der Waals surface area contributed by atoms with Crippen LogP contribution in [0.3, 0.4) is 0 Å². The molecular weight excluding hydrogens is 174 g/mol. The first-order chi connectivity index (χ1) is 6.81. The van der Waals surface area contributed by atoms with Crippen molar-refractivity contribution in [2.45, 2.75) is 0 Å². The molecular formula is C12H13NO. The zero-order valence-corrected chi connectivity index (χ0v) is 8.10. The lowest BCUT2D eigenvalue weighted by molar-refractivity contribution is -0.121. The average Bonchev–Trinajstić information content (AvgIpc) is 2.86. The van der Waals surface area contributed by atoms with Gasteiger partial charge in [-0.2, -0.15) is 0 Å². The molecule has 2 aliphatic rings. The summed E-state index contributed by atoms with van der Waals surface area (Å²) in [6.07, 6.45) is 14.3. The fraction of sp³-hybridized carbons (Fsp3) is 0.250. The van der Waals surface area contributed by atoms with E-state index in [1.807, 2.05) is 30.4 Å². The molecule has 1 unspecified atom stereocenters. The van der Waals surface area contributed by atoms with E-state index in [-0.39, 0.29) is 11.8 Å². The summed E-state index contributed by atoms with van der Waals surface area (Å²) in [6.45, 7) is 0. The number of nitrogens with one attached hydrogen (secondary N) is 1. The zero-order valence-electron chi connectivity index (χ0n) is 8.10. The number of rotatable bonds is 2. The topological polar surface area (TPSA) is 29.1 Å². The first-order valence-electron chi connectivity index (χ1n) is 4.78. The SMILES string of the molecule is CNC(=O)C1C=CC(C2C=CC=C2)=C1. The molecule has 2 rings (SSSR count). The van der Waals surface area contributed by atoms with Gasteiger partial charge in [0.25, 0.3) is 0 Å². The Morgan fingerprint density at radius 3 is 2.64 bits per heavy atom. The van der Waals surface area contributed by atoms with Crippen molar-refractivity contribution in [1.82, 2.24) is 5.32 Å². The highest BCUT2D eigenvalue weighted by atomic mass is 16.1. The number of carbonyl (C=O) groups excluding carboxylic acids is 1. The van der Waals surface area contributed by atoms with Crippen LogP contribution in [0.15, 0.2) is 48.1 Å². The summed E-state index contributed by atoms with van der Waals surface area (Å²) < 4.78 is 0. The van der Waals surface area contributed by atoms with E-state index in [0.29, 0.717) is 5.92 Å². The third kappa shape index (κ3) is 1.55. The fourth-order valence-electron chi connectivity index (χ4n) is 1.74. The normalized spacial score (nSPS) is 24.4. The minimum absolute atomic E-state index is 0.0576. The summed E-state index contributed by atoms with van der Waals surface area (Å²) in [5, 5.41) is 2.65. The van der Waals surface area contributed by atoms with Crippen LogP contribution in [0.1, 0.15) is 0 Å². The molecule has 14 heavy (non-hydrogen) atoms. The van der Waals surface area contributed by atoms with Crippen LogP contribution in [0.4, 0.5) is 0 Å². The Morgan fingerprint density at radius 2 is 2.00 bits per heavy atom. The van der Waals surface area contributed by atoms with Crippen molar-refractivity contribution < 1.29 is 4.79 Å². The predicted molar refractivity (Wildman–Crippen MR) is 56.5 cm³/mol. The Morgan fingerprint density at radius 1 is 1.29 bits per heavy atom. The Labute approximate surface area is 83.7 Å². The Bertz CT molecular complexity index is 349. The standard InChI is InChI=1S/C12H13NO/c1-13-12(14)11-7-6-10(8-11)9-4-2-3-5-9/h2-9,11H,1H3,(H,13,14). The minimum atomic E-state index is -0.0857. The van der Waals surface area contributed by atoms with E-state index in [1.165, 1.54) is 5.57 Å². The lowest BCUT2D eigenvalue weighted by atomic mass is 10.0. The van der Waals surface area contributed by atoms with E-state index in [1.54, 1.807) is 7.05 Å². The summed E-state index contributed by atoms with van der Waals surface area (Å²) >= 11 is 0. The van der Waals surface area contributed by atoms with Gasteiger partial charge in [0.1, 0.15) is 0 Å².